The summed E-state index contributed by atoms with van der Waals surface area (Å²) in [5.74, 6) is 1.26. The van der Waals surface area contributed by atoms with Gasteiger partial charge < -0.3 is 15.1 Å². The molecule has 3 rings (SSSR count). The van der Waals surface area contributed by atoms with Crippen molar-refractivity contribution in [3.8, 4) is 0 Å². The molecule has 1 N–H and O–H groups in total. The molecule has 0 saturated carbocycles. The minimum atomic E-state index is 0. The molecule has 2 aliphatic rings. The van der Waals surface area contributed by atoms with E-state index in [4.69, 9.17) is 0 Å². The van der Waals surface area contributed by atoms with E-state index in [2.05, 4.69) is 31.1 Å². The van der Waals surface area contributed by atoms with Gasteiger partial charge in [0.05, 0.1) is 6.04 Å². The van der Waals surface area contributed by atoms with E-state index in [0.29, 0.717) is 0 Å². The van der Waals surface area contributed by atoms with Gasteiger partial charge in [-0.05, 0) is 47.4 Å². The third kappa shape index (κ3) is 5.21. The fourth-order valence-corrected chi connectivity index (χ4v) is 3.23. The molecule has 0 bridgehead atoms. The van der Waals surface area contributed by atoms with Gasteiger partial charge in [-0.3, -0.25) is 4.79 Å². The van der Waals surface area contributed by atoms with Crippen molar-refractivity contribution >= 4 is 52.5 Å². The molecule has 2 aliphatic heterocycles. The third-order valence-corrected chi connectivity index (χ3v) is 4.70. The summed E-state index contributed by atoms with van der Waals surface area (Å²) in [4.78, 5) is 21.1. The molecule has 3 heterocycles. The van der Waals surface area contributed by atoms with Crippen molar-refractivity contribution in [1.29, 1.82) is 0 Å². The molecule has 1 aromatic rings. The summed E-state index contributed by atoms with van der Waals surface area (Å²) < 4.78 is 0.989. The van der Waals surface area contributed by atoms with Gasteiger partial charge in [0, 0.05) is 36.8 Å². The summed E-state index contributed by atoms with van der Waals surface area (Å²) in [6, 6.07) is 4.06. The average molecular weight is 426 g/mol. The van der Waals surface area contributed by atoms with Crippen molar-refractivity contribution in [3.05, 3.63) is 22.8 Å². The maximum absolute atomic E-state index is 12.5. The zero-order chi connectivity index (χ0) is 14.7. The first kappa shape index (κ1) is 20.5. The fraction of sp³-hybridized carbons (Fsp3) is 0.600. The first-order chi connectivity index (χ1) is 10.2. The Kier molecular flexibility index (Phi) is 8.61. The maximum atomic E-state index is 12.5. The highest BCUT2D eigenvalue weighted by Crippen LogP contribution is 2.17. The molecule has 0 radical (unpaired) electrons. The van der Waals surface area contributed by atoms with Gasteiger partial charge in [0.25, 0.3) is 0 Å². The summed E-state index contributed by atoms with van der Waals surface area (Å²) >= 11 is 3.40. The highest BCUT2D eigenvalue weighted by Gasteiger charge is 2.28. The molecule has 130 valence electrons. The largest absolute Gasteiger partial charge is 0.353 e. The van der Waals surface area contributed by atoms with Crippen LogP contribution >= 0.6 is 40.7 Å². The van der Waals surface area contributed by atoms with Crippen LogP contribution in [0.5, 0.6) is 0 Å². The number of amides is 1. The number of pyridine rings is 1. The quantitative estimate of drug-likeness (QED) is 0.790. The van der Waals surface area contributed by atoms with Crippen LogP contribution in [0, 0.1) is 0 Å². The number of carbonyl (C=O) groups is 1. The lowest BCUT2D eigenvalue weighted by Crippen LogP contribution is -2.55. The molecule has 1 amide bonds. The zero-order valence-electron chi connectivity index (χ0n) is 12.9. The maximum Gasteiger partial charge on any atom is 0.239 e. The second-order valence-corrected chi connectivity index (χ2v) is 6.57. The molecule has 5 nitrogen and oxygen atoms in total. The first-order valence-electron chi connectivity index (χ1n) is 7.63. The van der Waals surface area contributed by atoms with E-state index in [9.17, 15) is 4.79 Å². The first-order valence-corrected chi connectivity index (χ1v) is 8.42. The van der Waals surface area contributed by atoms with Crippen molar-refractivity contribution in [2.45, 2.75) is 25.3 Å². The summed E-state index contributed by atoms with van der Waals surface area (Å²) in [5, 5.41) is 3.34. The molecule has 0 aliphatic carbocycles. The Morgan fingerprint density at radius 2 is 1.91 bits per heavy atom. The van der Waals surface area contributed by atoms with E-state index in [-0.39, 0.29) is 36.8 Å². The molecule has 2 fully saturated rings. The van der Waals surface area contributed by atoms with Crippen molar-refractivity contribution < 1.29 is 4.79 Å². The van der Waals surface area contributed by atoms with Crippen LogP contribution < -0.4 is 10.2 Å². The number of aromatic nitrogens is 1. The van der Waals surface area contributed by atoms with Gasteiger partial charge in [-0.25, -0.2) is 4.98 Å². The van der Waals surface area contributed by atoms with Gasteiger partial charge in [-0.1, -0.05) is 6.42 Å². The molecule has 0 aromatic carbocycles. The summed E-state index contributed by atoms with van der Waals surface area (Å²) in [6.07, 6.45) is 5.14. The number of carbonyl (C=O) groups excluding carboxylic acids is 1. The molecule has 1 atom stereocenters. The number of rotatable bonds is 2. The normalized spacial score (nSPS) is 21.2. The van der Waals surface area contributed by atoms with Crippen molar-refractivity contribution in [2.24, 2.45) is 0 Å². The van der Waals surface area contributed by atoms with Crippen LogP contribution in [0.25, 0.3) is 0 Å². The average Bonchev–Trinajstić information content (AvgIpc) is 2.56. The van der Waals surface area contributed by atoms with E-state index in [1.54, 1.807) is 0 Å². The summed E-state index contributed by atoms with van der Waals surface area (Å²) in [7, 11) is 0. The Bertz CT molecular complexity index is 489. The molecule has 1 unspecified atom stereocenters. The third-order valence-electron chi connectivity index (χ3n) is 4.24. The molecular weight excluding hydrogens is 403 g/mol. The summed E-state index contributed by atoms with van der Waals surface area (Å²) in [6.45, 7) is 4.25. The van der Waals surface area contributed by atoms with Crippen molar-refractivity contribution in [3.63, 3.8) is 0 Å². The van der Waals surface area contributed by atoms with Crippen molar-refractivity contribution in [1.82, 2.24) is 15.2 Å². The van der Waals surface area contributed by atoms with E-state index in [1.165, 1.54) is 6.42 Å². The lowest BCUT2D eigenvalue weighted by atomic mass is 10.0. The standard InChI is InChI=1S/C15H21BrN4O.2ClH/c16-12-4-5-14(18-11-12)19-7-9-20(10-8-19)15(21)13-3-1-2-6-17-13;;/h4-5,11,13,17H,1-3,6-10H2;2*1H. The number of piperidine rings is 1. The number of nitrogens with zero attached hydrogens (tertiary/aromatic N) is 3. The van der Waals surface area contributed by atoms with Gasteiger partial charge >= 0.3 is 0 Å². The van der Waals surface area contributed by atoms with Crippen LogP contribution in [-0.4, -0.2) is 54.6 Å². The smallest absolute Gasteiger partial charge is 0.239 e. The topological polar surface area (TPSA) is 48.5 Å². The van der Waals surface area contributed by atoms with E-state index < -0.39 is 0 Å². The van der Waals surface area contributed by atoms with Gasteiger partial charge in [-0.15, -0.1) is 24.8 Å². The predicted molar refractivity (Wildman–Crippen MR) is 101 cm³/mol. The molecule has 8 heteroatoms. The SMILES string of the molecule is Cl.Cl.O=C(C1CCCCN1)N1CCN(c2ccc(Br)cn2)CC1. The van der Waals surface area contributed by atoms with E-state index in [1.807, 2.05) is 23.2 Å². The second kappa shape index (κ2) is 9.67. The number of anilines is 1. The fourth-order valence-electron chi connectivity index (χ4n) is 2.99. The Labute approximate surface area is 158 Å². The van der Waals surface area contributed by atoms with E-state index >= 15 is 0 Å². The molecule has 0 spiro atoms. The summed E-state index contributed by atoms with van der Waals surface area (Å²) in [5.41, 5.74) is 0. The highest BCUT2D eigenvalue weighted by molar-refractivity contribution is 9.10. The number of hydrogen-bond donors (Lipinski definition) is 1. The van der Waals surface area contributed by atoms with Gasteiger partial charge in [-0.2, -0.15) is 0 Å². The van der Waals surface area contributed by atoms with Crippen LogP contribution in [0.4, 0.5) is 5.82 Å². The molecular formula is C15H23BrCl2N4O. The van der Waals surface area contributed by atoms with E-state index in [0.717, 1.165) is 55.9 Å². The zero-order valence-corrected chi connectivity index (χ0v) is 16.1. The van der Waals surface area contributed by atoms with Gasteiger partial charge in [0.1, 0.15) is 5.82 Å². The number of hydrogen-bond acceptors (Lipinski definition) is 4. The van der Waals surface area contributed by atoms with Gasteiger partial charge in [0.15, 0.2) is 0 Å². The minimum absolute atomic E-state index is 0. The Morgan fingerprint density at radius 1 is 1.17 bits per heavy atom. The lowest BCUT2D eigenvalue weighted by Gasteiger charge is -2.37. The molecule has 1 aromatic heterocycles. The van der Waals surface area contributed by atoms with Gasteiger partial charge in [0.2, 0.25) is 5.91 Å². The number of halogens is 3. The number of piperazine rings is 1. The minimum Gasteiger partial charge on any atom is -0.353 e. The van der Waals surface area contributed by atoms with Crippen LogP contribution in [-0.2, 0) is 4.79 Å². The van der Waals surface area contributed by atoms with Crippen LogP contribution in [0.3, 0.4) is 0 Å². The van der Waals surface area contributed by atoms with Crippen molar-refractivity contribution in [2.75, 3.05) is 37.6 Å². The highest BCUT2D eigenvalue weighted by atomic mass is 79.9. The second-order valence-electron chi connectivity index (χ2n) is 5.65. The monoisotopic (exact) mass is 424 g/mol. The van der Waals surface area contributed by atoms with Crippen LogP contribution in [0.15, 0.2) is 22.8 Å². The Balaban J connectivity index is 0.00000132. The number of nitrogens with one attached hydrogen (secondary N) is 1. The molecule has 2 saturated heterocycles. The predicted octanol–water partition coefficient (Wildman–Crippen LogP) is 2.48. The Morgan fingerprint density at radius 3 is 2.48 bits per heavy atom. The lowest BCUT2D eigenvalue weighted by molar-refractivity contribution is -0.134. The Hall–Kier alpha value is -0.560. The van der Waals surface area contributed by atoms with Crippen LogP contribution in [0.2, 0.25) is 0 Å². The molecule has 23 heavy (non-hydrogen) atoms. The van der Waals surface area contributed by atoms with Crippen LogP contribution in [0.1, 0.15) is 19.3 Å².